The van der Waals surface area contributed by atoms with Crippen LogP contribution < -0.4 is 9.47 Å². The van der Waals surface area contributed by atoms with E-state index in [1.165, 1.54) is 6.08 Å². The van der Waals surface area contributed by atoms with Crippen LogP contribution in [0.3, 0.4) is 0 Å². The Morgan fingerprint density at radius 1 is 0.931 bits per heavy atom. The van der Waals surface area contributed by atoms with Gasteiger partial charge in [-0.2, -0.15) is 0 Å². The molecule has 0 saturated heterocycles. The molecule has 0 bridgehead atoms. The van der Waals surface area contributed by atoms with Crippen LogP contribution in [0.1, 0.15) is 21.5 Å². The maximum absolute atomic E-state index is 12.5. The first-order chi connectivity index (χ1) is 14.1. The molecule has 3 aromatic carbocycles. The van der Waals surface area contributed by atoms with Gasteiger partial charge in [-0.3, -0.25) is 4.79 Å². The van der Waals surface area contributed by atoms with E-state index in [0.717, 1.165) is 15.6 Å². The first kappa shape index (κ1) is 18.9. The van der Waals surface area contributed by atoms with Crippen LogP contribution in [-0.4, -0.2) is 11.8 Å². The van der Waals surface area contributed by atoms with Gasteiger partial charge in [0.2, 0.25) is 5.78 Å². The molecule has 0 spiro atoms. The average Bonchev–Trinajstić information content (AvgIpc) is 3.04. The van der Waals surface area contributed by atoms with E-state index in [9.17, 15) is 9.59 Å². The largest absolute Gasteiger partial charge is 0.452 e. The van der Waals surface area contributed by atoms with Gasteiger partial charge in [-0.1, -0.05) is 58.4 Å². The fourth-order valence-electron chi connectivity index (χ4n) is 2.82. The van der Waals surface area contributed by atoms with Gasteiger partial charge in [0.25, 0.3) is 0 Å². The first-order valence-corrected chi connectivity index (χ1v) is 9.66. The van der Waals surface area contributed by atoms with Gasteiger partial charge in [-0.15, -0.1) is 0 Å². The third-order valence-electron chi connectivity index (χ3n) is 4.24. The summed E-state index contributed by atoms with van der Waals surface area (Å²) in [6.45, 7) is 0. The van der Waals surface area contributed by atoms with Gasteiger partial charge in [0.1, 0.15) is 11.5 Å². The summed E-state index contributed by atoms with van der Waals surface area (Å²) < 4.78 is 12.0. The van der Waals surface area contributed by atoms with Gasteiger partial charge in [0.15, 0.2) is 5.76 Å². The lowest BCUT2D eigenvalue weighted by Crippen LogP contribution is -2.03. The lowest BCUT2D eigenvalue weighted by molar-refractivity contribution is -0.128. The molecule has 0 aromatic heterocycles. The molecular weight excluding hydrogens is 432 g/mol. The zero-order chi connectivity index (χ0) is 20.2. The predicted octanol–water partition coefficient (Wildman–Crippen LogP) is 5.68. The summed E-state index contributed by atoms with van der Waals surface area (Å²) in [5.41, 5.74) is 2.19. The van der Waals surface area contributed by atoms with Crippen LogP contribution in [0.2, 0.25) is 0 Å². The monoisotopic (exact) mass is 446 g/mol. The maximum atomic E-state index is 12.5. The molecule has 0 unspecified atom stereocenters. The van der Waals surface area contributed by atoms with Crippen LogP contribution in [0, 0.1) is 0 Å². The zero-order valence-electron chi connectivity index (χ0n) is 15.2. The number of esters is 1. The molecular formula is C24H15BrO4. The summed E-state index contributed by atoms with van der Waals surface area (Å²) in [7, 11) is 0. The average molecular weight is 447 g/mol. The highest BCUT2D eigenvalue weighted by Gasteiger charge is 2.27. The minimum atomic E-state index is -0.510. The van der Waals surface area contributed by atoms with Gasteiger partial charge in [0, 0.05) is 16.6 Å². The number of Topliss-reactive ketones (excluding diaryl/α,β-unsaturated/α-hetero) is 1. The highest BCUT2D eigenvalue weighted by atomic mass is 79.9. The molecule has 0 fully saturated rings. The molecule has 0 aliphatic carbocycles. The molecule has 3 aromatic rings. The van der Waals surface area contributed by atoms with Crippen molar-refractivity contribution in [1.82, 2.24) is 0 Å². The van der Waals surface area contributed by atoms with Gasteiger partial charge >= 0.3 is 5.97 Å². The quantitative estimate of drug-likeness (QED) is 0.293. The summed E-state index contributed by atoms with van der Waals surface area (Å²) in [6.07, 6.45) is 4.71. The Balaban J connectivity index is 1.48. The van der Waals surface area contributed by atoms with Crippen LogP contribution in [0.15, 0.2) is 89.1 Å². The van der Waals surface area contributed by atoms with Crippen molar-refractivity contribution in [1.29, 1.82) is 0 Å². The zero-order valence-corrected chi connectivity index (χ0v) is 16.8. The molecule has 142 valence electrons. The minimum Gasteiger partial charge on any atom is -0.452 e. The molecule has 29 heavy (non-hydrogen) atoms. The molecule has 0 N–H and O–H groups in total. The summed E-state index contributed by atoms with van der Waals surface area (Å²) in [6, 6.07) is 21.7. The van der Waals surface area contributed by atoms with E-state index in [-0.39, 0.29) is 11.5 Å². The molecule has 0 saturated carbocycles. The highest BCUT2D eigenvalue weighted by Crippen LogP contribution is 2.35. The van der Waals surface area contributed by atoms with Crippen molar-refractivity contribution in [3.05, 3.63) is 106 Å². The number of hydrogen-bond acceptors (Lipinski definition) is 4. The van der Waals surface area contributed by atoms with E-state index in [0.29, 0.717) is 17.1 Å². The minimum absolute atomic E-state index is 0.204. The number of ketones is 1. The van der Waals surface area contributed by atoms with Crippen molar-refractivity contribution in [3.8, 4) is 11.5 Å². The fraction of sp³-hybridized carbons (Fsp3) is 0. The molecule has 0 radical (unpaired) electrons. The number of allylic oxidation sites excluding steroid dienone is 1. The Morgan fingerprint density at radius 3 is 2.45 bits per heavy atom. The van der Waals surface area contributed by atoms with Crippen LogP contribution >= 0.6 is 15.9 Å². The van der Waals surface area contributed by atoms with Gasteiger partial charge < -0.3 is 9.47 Å². The van der Waals surface area contributed by atoms with Crippen molar-refractivity contribution in [2.24, 2.45) is 0 Å². The van der Waals surface area contributed by atoms with Crippen molar-refractivity contribution >= 4 is 39.8 Å². The lowest BCUT2D eigenvalue weighted by atomic mass is 10.1. The topological polar surface area (TPSA) is 52.6 Å². The Hall–Kier alpha value is -3.44. The molecule has 1 heterocycles. The lowest BCUT2D eigenvalue weighted by Gasteiger charge is -2.03. The van der Waals surface area contributed by atoms with E-state index in [2.05, 4.69) is 15.9 Å². The molecule has 4 nitrogen and oxygen atoms in total. The summed E-state index contributed by atoms with van der Waals surface area (Å²) >= 11 is 3.38. The standard InChI is InChI=1S/C24H15BrO4/c25-18-9-6-17(7-10-18)14-22-24(27)20-12-11-19(15-21(20)29-22)28-23(26)13-8-16-4-2-1-3-5-16/h1-15H/b13-8+,22-14-. The smallest absolute Gasteiger partial charge is 0.336 e. The normalized spacial score (nSPS) is 14.1. The number of ether oxygens (including phenoxy) is 2. The summed E-state index contributed by atoms with van der Waals surface area (Å²) in [4.78, 5) is 24.6. The van der Waals surface area contributed by atoms with Crippen LogP contribution in [0.4, 0.5) is 0 Å². The number of carbonyl (C=O) groups excluding carboxylic acids is 2. The third kappa shape index (κ3) is 4.52. The van der Waals surface area contributed by atoms with E-state index in [1.807, 2.05) is 54.6 Å². The van der Waals surface area contributed by atoms with Crippen LogP contribution in [-0.2, 0) is 4.79 Å². The van der Waals surface area contributed by atoms with Crippen molar-refractivity contribution < 1.29 is 19.1 Å². The van der Waals surface area contributed by atoms with E-state index >= 15 is 0 Å². The van der Waals surface area contributed by atoms with Gasteiger partial charge in [-0.05, 0) is 47.5 Å². The van der Waals surface area contributed by atoms with E-state index < -0.39 is 5.97 Å². The molecule has 5 heteroatoms. The second kappa shape index (κ2) is 8.29. The highest BCUT2D eigenvalue weighted by molar-refractivity contribution is 9.10. The SMILES string of the molecule is O=C(/C=C/c1ccccc1)Oc1ccc2c(c1)O/C(=C\c1ccc(Br)cc1)C2=O. The molecule has 0 atom stereocenters. The Kier molecular flexibility index (Phi) is 5.40. The number of rotatable bonds is 4. The van der Waals surface area contributed by atoms with E-state index in [4.69, 9.17) is 9.47 Å². The number of benzene rings is 3. The fourth-order valence-corrected chi connectivity index (χ4v) is 3.08. The van der Waals surface area contributed by atoms with Crippen molar-refractivity contribution in [2.45, 2.75) is 0 Å². The van der Waals surface area contributed by atoms with Gasteiger partial charge in [-0.25, -0.2) is 4.79 Å². The third-order valence-corrected chi connectivity index (χ3v) is 4.77. The number of halogens is 1. The molecule has 0 amide bonds. The molecule has 1 aliphatic heterocycles. The number of fused-ring (bicyclic) bond motifs is 1. The summed E-state index contributed by atoms with van der Waals surface area (Å²) in [5, 5.41) is 0. The van der Waals surface area contributed by atoms with Crippen LogP contribution in [0.25, 0.3) is 12.2 Å². The Morgan fingerprint density at radius 2 is 1.69 bits per heavy atom. The van der Waals surface area contributed by atoms with Crippen molar-refractivity contribution in [2.75, 3.05) is 0 Å². The maximum Gasteiger partial charge on any atom is 0.336 e. The Bertz CT molecular complexity index is 1130. The second-order valence-corrected chi connectivity index (χ2v) is 7.23. The second-order valence-electron chi connectivity index (χ2n) is 6.31. The number of hydrogen-bond donors (Lipinski definition) is 0. The number of carbonyl (C=O) groups is 2. The first-order valence-electron chi connectivity index (χ1n) is 8.87. The molecule has 4 rings (SSSR count). The predicted molar refractivity (Wildman–Crippen MR) is 115 cm³/mol. The van der Waals surface area contributed by atoms with E-state index in [1.54, 1.807) is 30.4 Å². The Labute approximate surface area is 176 Å². The van der Waals surface area contributed by atoms with Crippen molar-refractivity contribution in [3.63, 3.8) is 0 Å². The molecule has 1 aliphatic rings. The van der Waals surface area contributed by atoms with Gasteiger partial charge in [0.05, 0.1) is 5.56 Å². The van der Waals surface area contributed by atoms with Crippen LogP contribution in [0.5, 0.6) is 11.5 Å². The summed E-state index contributed by atoms with van der Waals surface area (Å²) in [5.74, 6) is 0.197.